The Balaban J connectivity index is 1.62. The summed E-state index contributed by atoms with van der Waals surface area (Å²) < 4.78 is 0. The highest BCUT2D eigenvalue weighted by atomic mass is 16.4. The summed E-state index contributed by atoms with van der Waals surface area (Å²) in [7, 11) is 0. The van der Waals surface area contributed by atoms with Crippen molar-refractivity contribution in [2.45, 2.75) is 205 Å². The number of carbonyl (C=O) groups excluding carboxylic acids is 10. The first-order chi connectivity index (χ1) is 45.3. The van der Waals surface area contributed by atoms with Crippen LogP contribution in [0.1, 0.15) is 130 Å². The number of nitrogens with two attached hydrogens (primary N) is 2. The highest BCUT2D eigenvalue weighted by molar-refractivity contribution is 6.00. The van der Waals surface area contributed by atoms with E-state index in [0.717, 1.165) is 6.92 Å². The Morgan fingerprint density at radius 1 is 0.542 bits per heavy atom. The fourth-order valence-corrected chi connectivity index (χ4v) is 11.0. The van der Waals surface area contributed by atoms with Gasteiger partial charge in [0, 0.05) is 42.9 Å². The maximum Gasteiger partial charge on any atom is 0.326 e. The number of carboxylic acids is 3. The van der Waals surface area contributed by atoms with Gasteiger partial charge in [0.15, 0.2) is 0 Å². The first kappa shape index (κ1) is 79.4. The molecule has 0 spiro atoms. The van der Waals surface area contributed by atoms with Gasteiger partial charge >= 0.3 is 17.9 Å². The van der Waals surface area contributed by atoms with Gasteiger partial charge in [-0.25, -0.2) is 4.79 Å². The van der Waals surface area contributed by atoms with Gasteiger partial charge in [-0.1, -0.05) is 90.1 Å². The zero-order valence-corrected chi connectivity index (χ0v) is 55.4. The van der Waals surface area contributed by atoms with Gasteiger partial charge in [-0.15, -0.1) is 0 Å². The van der Waals surface area contributed by atoms with Gasteiger partial charge in [0.1, 0.15) is 60.4 Å². The normalized spacial score (nSPS) is 16.4. The minimum atomic E-state index is -2.00. The molecule has 530 valence electrons. The van der Waals surface area contributed by atoms with Crippen LogP contribution in [0.25, 0.3) is 10.9 Å². The predicted molar refractivity (Wildman–Crippen MR) is 349 cm³/mol. The average Bonchev–Trinajstić information content (AvgIpc) is 1.52. The molecule has 10 amide bonds. The Kier molecular flexibility index (Phi) is 32.3. The lowest BCUT2D eigenvalue weighted by Crippen LogP contribution is -2.62. The van der Waals surface area contributed by atoms with Crippen LogP contribution in [-0.2, 0) is 75.2 Å². The van der Waals surface area contributed by atoms with E-state index in [1.807, 2.05) is 27.7 Å². The summed E-state index contributed by atoms with van der Waals surface area (Å²) in [5.74, 6) is -14.4. The molecule has 0 bridgehead atoms. The Bertz CT molecular complexity index is 3160. The second-order valence-corrected chi connectivity index (χ2v) is 25.5. The van der Waals surface area contributed by atoms with E-state index in [0.29, 0.717) is 41.3 Å². The summed E-state index contributed by atoms with van der Waals surface area (Å²) in [4.78, 5) is 181. The molecule has 0 aliphatic carbocycles. The molecule has 12 atom stereocenters. The summed E-state index contributed by atoms with van der Waals surface area (Å²) in [5, 5.41) is 73.3. The standard InChI is InChI=1S/C65H97N13O18/c1-34(2)26-44(71-61(91)48(31-53(83)84)73-62(92)50(33-79)76-59(89)46(29-38-16-9-8-10-17-38)74-63(93)54(37(7)80)77-55(85)41(67)22-23-52(81)82)57(87)72-47(30-39-32-68-42-19-12-11-18-40(39)42)60(90)69-43(20-13-14-24-66)56(86)70-45(27-35(3)4)58(88)75-49(28-36(5)6)64(94)78-25-15-21-51(78)65(95)96/h8-12,16-19,32,34-37,41,43-51,54,68,79-80H,13-15,20-31,33,66-67H2,1-7H3,(H,69,90)(H,70,86)(H,71,91)(H,72,87)(H,73,92)(H,74,93)(H,75,88)(H,76,89)(H,77,85)(H,81,82)(H,83,84)(H,95,96)/t37-,41+,43+,44+,45+,46+,47+,48+,49+,50+,51+,54+/m1/s1. The van der Waals surface area contributed by atoms with E-state index in [2.05, 4.69) is 52.8 Å². The molecular formula is C65H97N13O18. The van der Waals surface area contributed by atoms with Crippen molar-refractivity contribution in [3.05, 3.63) is 71.9 Å². The molecule has 1 fully saturated rings. The van der Waals surface area contributed by atoms with E-state index < -0.39 is 169 Å². The topological polar surface area (TPSA) is 502 Å². The van der Waals surface area contributed by atoms with Crippen LogP contribution in [0.15, 0.2) is 60.8 Å². The monoisotopic (exact) mass is 1350 g/mol. The first-order valence-electron chi connectivity index (χ1n) is 32.4. The number of aliphatic hydroxyl groups is 2. The van der Waals surface area contributed by atoms with Crippen LogP contribution in [0.4, 0.5) is 0 Å². The van der Waals surface area contributed by atoms with Gasteiger partial charge in [0.25, 0.3) is 0 Å². The number of nitrogens with one attached hydrogen (secondary N) is 10. The van der Waals surface area contributed by atoms with Gasteiger partial charge in [-0.05, 0) is 106 Å². The average molecular weight is 1350 g/mol. The number of fused-ring (bicyclic) bond motifs is 1. The van der Waals surface area contributed by atoms with Crippen LogP contribution in [0.3, 0.4) is 0 Å². The van der Waals surface area contributed by atoms with Crippen molar-refractivity contribution in [2.75, 3.05) is 19.7 Å². The molecule has 2 aromatic carbocycles. The molecule has 3 aromatic rings. The van der Waals surface area contributed by atoms with Crippen LogP contribution < -0.4 is 59.3 Å². The largest absolute Gasteiger partial charge is 0.481 e. The zero-order valence-electron chi connectivity index (χ0n) is 55.4. The minimum Gasteiger partial charge on any atom is -0.481 e. The molecule has 31 heteroatoms. The lowest BCUT2D eigenvalue weighted by atomic mass is 9.98. The van der Waals surface area contributed by atoms with Gasteiger partial charge in [0.05, 0.1) is 25.2 Å². The molecule has 96 heavy (non-hydrogen) atoms. The fourth-order valence-electron chi connectivity index (χ4n) is 11.0. The first-order valence-corrected chi connectivity index (χ1v) is 32.4. The van der Waals surface area contributed by atoms with Crippen molar-refractivity contribution in [1.29, 1.82) is 0 Å². The van der Waals surface area contributed by atoms with Gasteiger partial charge in [-0.2, -0.15) is 0 Å². The van der Waals surface area contributed by atoms with Crippen LogP contribution >= 0.6 is 0 Å². The lowest BCUT2D eigenvalue weighted by Gasteiger charge is -2.30. The number of hydrogen-bond acceptors (Lipinski definition) is 17. The number of aliphatic carboxylic acids is 3. The third-order valence-electron chi connectivity index (χ3n) is 15.9. The predicted octanol–water partition coefficient (Wildman–Crippen LogP) is -1.30. The summed E-state index contributed by atoms with van der Waals surface area (Å²) in [6.45, 7) is 11.1. The van der Waals surface area contributed by atoms with E-state index in [9.17, 15) is 82.8 Å². The number of H-pyrrole nitrogens is 1. The lowest BCUT2D eigenvalue weighted by molar-refractivity contribution is -0.149. The molecule has 0 radical (unpaired) electrons. The molecule has 0 saturated carbocycles. The number of carboxylic acid groups (broad SMARTS) is 3. The number of aliphatic hydroxyl groups excluding tert-OH is 2. The maximum atomic E-state index is 14.9. The molecule has 1 aromatic heterocycles. The fraction of sp³-hybridized carbons (Fsp3) is 0.585. The Hall–Kier alpha value is -9.07. The maximum absolute atomic E-state index is 14.9. The van der Waals surface area contributed by atoms with Crippen molar-refractivity contribution >= 4 is 87.9 Å². The number of likely N-dealkylation sites (tertiary alicyclic amines) is 1. The third kappa shape index (κ3) is 25.6. The number of amides is 10. The molecule has 4 rings (SSSR count). The highest BCUT2D eigenvalue weighted by Gasteiger charge is 2.41. The Morgan fingerprint density at radius 3 is 1.57 bits per heavy atom. The molecule has 1 aliphatic heterocycles. The minimum absolute atomic E-state index is 0.00590. The number of rotatable bonds is 41. The molecule has 31 nitrogen and oxygen atoms in total. The quantitative estimate of drug-likeness (QED) is 0.0294. The Morgan fingerprint density at radius 2 is 1.02 bits per heavy atom. The number of aromatic amines is 1. The van der Waals surface area contributed by atoms with Crippen molar-refractivity contribution < 1.29 is 87.9 Å². The summed E-state index contributed by atoms with van der Waals surface area (Å²) in [5.41, 5.74) is 13.3. The van der Waals surface area contributed by atoms with Crippen LogP contribution in [-0.4, -0.2) is 205 Å². The van der Waals surface area contributed by atoms with E-state index in [4.69, 9.17) is 16.6 Å². The smallest absolute Gasteiger partial charge is 0.326 e. The van der Waals surface area contributed by atoms with Gasteiger partial charge in [-0.3, -0.25) is 57.5 Å². The van der Waals surface area contributed by atoms with Crippen molar-refractivity contribution in [2.24, 2.45) is 29.2 Å². The zero-order chi connectivity index (χ0) is 71.5. The molecule has 0 unspecified atom stereocenters. The second-order valence-electron chi connectivity index (χ2n) is 25.5. The van der Waals surface area contributed by atoms with Crippen molar-refractivity contribution in [1.82, 2.24) is 57.7 Å². The summed E-state index contributed by atoms with van der Waals surface area (Å²) >= 11 is 0. The number of carbonyl (C=O) groups is 13. The molecule has 2 heterocycles. The van der Waals surface area contributed by atoms with E-state index in [1.54, 1.807) is 74.6 Å². The van der Waals surface area contributed by atoms with Crippen LogP contribution in [0.5, 0.6) is 0 Å². The number of benzene rings is 2. The van der Waals surface area contributed by atoms with E-state index in [1.165, 1.54) is 4.90 Å². The third-order valence-corrected chi connectivity index (χ3v) is 15.9. The van der Waals surface area contributed by atoms with Gasteiger partial charge < -0.3 is 94.7 Å². The van der Waals surface area contributed by atoms with Gasteiger partial charge in [0.2, 0.25) is 59.1 Å². The number of unbranched alkanes of at least 4 members (excludes halogenated alkanes) is 1. The number of hydrogen-bond donors (Lipinski definition) is 17. The SMILES string of the molecule is CC(C)C[C@H](NC(=O)[C@H](CC(=O)O)NC(=O)[C@H](CO)NC(=O)[C@H](Cc1ccccc1)NC(=O)[C@@H](NC(=O)[C@@H](N)CCC(=O)O)[C@@H](C)O)C(=O)N[C@@H](Cc1c[nH]c2ccccc12)C(=O)N[C@@H](CCCCN)C(=O)N[C@@H](CC(C)C)C(=O)N[C@@H](CC(C)C)C(=O)N1CCC[C@H]1C(=O)O. The van der Waals surface area contributed by atoms with Crippen molar-refractivity contribution in [3.63, 3.8) is 0 Å². The molecule has 1 saturated heterocycles. The highest BCUT2D eigenvalue weighted by Crippen LogP contribution is 2.23. The van der Waals surface area contributed by atoms with E-state index in [-0.39, 0.29) is 82.2 Å². The van der Waals surface area contributed by atoms with Crippen LogP contribution in [0.2, 0.25) is 0 Å². The summed E-state index contributed by atoms with van der Waals surface area (Å²) in [6.07, 6.45) is -0.882. The van der Waals surface area contributed by atoms with Crippen molar-refractivity contribution in [3.8, 4) is 0 Å². The molecular weight excluding hydrogens is 1250 g/mol. The number of aromatic nitrogens is 1. The second kappa shape index (κ2) is 39.1. The summed E-state index contributed by atoms with van der Waals surface area (Å²) in [6, 6.07) is -1.44. The molecule has 1 aliphatic rings. The molecule has 19 N–H and O–H groups in total. The Labute approximate surface area is 556 Å². The number of para-hydroxylation sites is 1. The van der Waals surface area contributed by atoms with Crippen LogP contribution in [0, 0.1) is 17.8 Å². The number of nitrogens with zero attached hydrogens (tertiary/aromatic N) is 1. The van der Waals surface area contributed by atoms with E-state index >= 15 is 0 Å².